The minimum atomic E-state index is -0.315. The minimum Gasteiger partial charge on any atom is -0.306 e. The number of nitrogens with one attached hydrogen (secondary N) is 1. The van der Waals surface area contributed by atoms with Crippen LogP contribution in [0.3, 0.4) is 0 Å². The molecule has 0 spiro atoms. The first kappa shape index (κ1) is 16.1. The third kappa shape index (κ3) is 3.69. The summed E-state index contributed by atoms with van der Waals surface area (Å²) < 4.78 is 27.8. The molecule has 0 heterocycles. The lowest BCUT2D eigenvalue weighted by Gasteiger charge is -2.23. The molecule has 4 heteroatoms. The molecular weight excluding hydrogens is 336 g/mol. The molecular formula is C17H18BrF2N. The van der Waals surface area contributed by atoms with Gasteiger partial charge >= 0.3 is 0 Å². The molecule has 0 saturated carbocycles. The molecule has 0 aliphatic heterocycles. The van der Waals surface area contributed by atoms with Crippen LogP contribution in [-0.4, -0.2) is 6.54 Å². The number of hydrogen-bond donors (Lipinski definition) is 1. The van der Waals surface area contributed by atoms with Gasteiger partial charge < -0.3 is 5.32 Å². The molecule has 0 fully saturated rings. The van der Waals surface area contributed by atoms with Gasteiger partial charge in [-0.05, 0) is 70.7 Å². The highest BCUT2D eigenvalue weighted by Gasteiger charge is 2.20. The van der Waals surface area contributed by atoms with E-state index in [1.54, 1.807) is 12.1 Å². The first-order valence-electron chi connectivity index (χ1n) is 6.98. The maximum absolute atomic E-state index is 13.8. The van der Waals surface area contributed by atoms with E-state index in [9.17, 15) is 8.78 Å². The van der Waals surface area contributed by atoms with Crippen LogP contribution in [0.15, 0.2) is 40.9 Å². The third-order valence-corrected chi connectivity index (χ3v) is 4.28. The molecule has 0 aliphatic carbocycles. The fourth-order valence-electron chi connectivity index (χ4n) is 2.34. The van der Waals surface area contributed by atoms with Crippen LogP contribution >= 0.6 is 15.9 Å². The average Bonchev–Trinajstić information content (AvgIpc) is 2.47. The highest BCUT2D eigenvalue weighted by Crippen LogP contribution is 2.32. The van der Waals surface area contributed by atoms with Crippen LogP contribution in [0.2, 0.25) is 0 Å². The molecule has 0 bridgehead atoms. The molecule has 0 radical (unpaired) electrons. The van der Waals surface area contributed by atoms with Gasteiger partial charge in [-0.25, -0.2) is 8.78 Å². The van der Waals surface area contributed by atoms with E-state index < -0.39 is 0 Å². The van der Waals surface area contributed by atoms with E-state index >= 15 is 0 Å². The first-order chi connectivity index (χ1) is 10.0. The van der Waals surface area contributed by atoms with Crippen molar-refractivity contribution in [1.82, 2.24) is 5.32 Å². The second-order valence-electron chi connectivity index (χ2n) is 5.03. The maximum Gasteiger partial charge on any atom is 0.137 e. The predicted molar refractivity (Wildman–Crippen MR) is 85.4 cm³/mol. The summed E-state index contributed by atoms with van der Waals surface area (Å²) in [7, 11) is 0. The molecule has 1 nitrogen and oxygen atoms in total. The second-order valence-corrected chi connectivity index (χ2v) is 5.82. The minimum absolute atomic E-state index is 0.245. The fraction of sp³-hybridized carbons (Fsp3) is 0.294. The van der Waals surface area contributed by atoms with Gasteiger partial charge in [0.2, 0.25) is 0 Å². The Hall–Kier alpha value is -1.26. The zero-order valence-corrected chi connectivity index (χ0v) is 13.7. The molecule has 21 heavy (non-hydrogen) atoms. The van der Waals surface area contributed by atoms with Gasteiger partial charge in [0, 0.05) is 0 Å². The van der Waals surface area contributed by atoms with Crippen molar-refractivity contribution in [1.29, 1.82) is 0 Å². The highest BCUT2D eigenvalue weighted by molar-refractivity contribution is 9.10. The summed E-state index contributed by atoms with van der Waals surface area (Å²) in [5.41, 5.74) is 2.58. The van der Waals surface area contributed by atoms with E-state index in [1.807, 2.05) is 13.0 Å². The Morgan fingerprint density at radius 3 is 2.62 bits per heavy atom. The molecule has 1 N–H and O–H groups in total. The van der Waals surface area contributed by atoms with Crippen molar-refractivity contribution in [3.8, 4) is 0 Å². The molecule has 2 rings (SSSR count). The summed E-state index contributed by atoms with van der Waals surface area (Å²) in [6, 6.07) is 9.39. The van der Waals surface area contributed by atoms with Gasteiger partial charge in [0.25, 0.3) is 0 Å². The average molecular weight is 354 g/mol. The van der Waals surface area contributed by atoms with Crippen molar-refractivity contribution in [2.45, 2.75) is 26.3 Å². The van der Waals surface area contributed by atoms with Crippen molar-refractivity contribution in [3.05, 3.63) is 69.2 Å². The smallest absolute Gasteiger partial charge is 0.137 e. The monoisotopic (exact) mass is 353 g/mol. The van der Waals surface area contributed by atoms with Crippen molar-refractivity contribution >= 4 is 15.9 Å². The van der Waals surface area contributed by atoms with Crippen LogP contribution in [0.5, 0.6) is 0 Å². The van der Waals surface area contributed by atoms with Crippen LogP contribution in [0.25, 0.3) is 0 Å². The number of halogens is 3. The Morgan fingerprint density at radius 1 is 1.14 bits per heavy atom. The largest absolute Gasteiger partial charge is 0.306 e. The van der Waals surface area contributed by atoms with E-state index in [0.717, 1.165) is 29.7 Å². The summed E-state index contributed by atoms with van der Waals surface area (Å²) in [6.45, 7) is 4.76. The lowest BCUT2D eigenvalue weighted by Crippen LogP contribution is -2.24. The van der Waals surface area contributed by atoms with Crippen LogP contribution in [-0.2, 0) is 0 Å². The molecule has 2 aromatic rings. The fourth-order valence-corrected chi connectivity index (χ4v) is 2.84. The SMILES string of the molecule is CCCNC(c1cc(F)ccc1C)c1cccc(F)c1Br. The Balaban J connectivity index is 2.52. The number of benzene rings is 2. The Kier molecular flexibility index (Phi) is 5.48. The summed E-state index contributed by atoms with van der Waals surface area (Å²) in [6.07, 6.45) is 0.942. The zero-order valence-electron chi connectivity index (χ0n) is 12.1. The maximum atomic E-state index is 13.8. The van der Waals surface area contributed by atoms with Gasteiger partial charge in [-0.2, -0.15) is 0 Å². The molecule has 0 aromatic heterocycles. The van der Waals surface area contributed by atoms with Crippen LogP contribution in [0.4, 0.5) is 8.78 Å². The predicted octanol–water partition coefficient (Wildman–Crippen LogP) is 5.12. The standard InChI is InChI=1S/C17H18BrF2N/c1-3-9-21-17(13-5-4-6-15(20)16(13)18)14-10-12(19)8-7-11(14)2/h4-8,10,17,21H,3,9H2,1-2H3. The van der Waals surface area contributed by atoms with Gasteiger partial charge in [0.1, 0.15) is 11.6 Å². The van der Waals surface area contributed by atoms with Gasteiger partial charge in [-0.1, -0.05) is 25.1 Å². The molecule has 0 aliphatic rings. The summed E-state index contributed by atoms with van der Waals surface area (Å²) in [4.78, 5) is 0. The summed E-state index contributed by atoms with van der Waals surface area (Å²) in [5, 5.41) is 3.37. The Morgan fingerprint density at radius 2 is 1.90 bits per heavy atom. The zero-order chi connectivity index (χ0) is 15.4. The van der Waals surface area contributed by atoms with Gasteiger partial charge in [0.15, 0.2) is 0 Å². The lowest BCUT2D eigenvalue weighted by atomic mass is 9.94. The first-order valence-corrected chi connectivity index (χ1v) is 7.77. The van der Waals surface area contributed by atoms with E-state index in [4.69, 9.17) is 0 Å². The molecule has 1 unspecified atom stereocenters. The highest BCUT2D eigenvalue weighted by atomic mass is 79.9. The summed E-state index contributed by atoms with van der Waals surface area (Å²) in [5.74, 6) is -0.601. The number of rotatable bonds is 5. The molecule has 112 valence electrons. The topological polar surface area (TPSA) is 12.0 Å². The number of hydrogen-bond acceptors (Lipinski definition) is 1. The van der Waals surface area contributed by atoms with Crippen molar-refractivity contribution in [2.24, 2.45) is 0 Å². The van der Waals surface area contributed by atoms with Gasteiger partial charge in [0.05, 0.1) is 10.5 Å². The normalized spacial score (nSPS) is 12.4. The molecule has 0 amide bonds. The quantitative estimate of drug-likeness (QED) is 0.785. The van der Waals surface area contributed by atoms with E-state index in [2.05, 4.69) is 28.2 Å². The van der Waals surface area contributed by atoms with Gasteiger partial charge in [-0.15, -0.1) is 0 Å². The summed E-state index contributed by atoms with van der Waals surface area (Å²) >= 11 is 3.30. The van der Waals surface area contributed by atoms with E-state index in [-0.39, 0.29) is 17.7 Å². The number of aryl methyl sites for hydroxylation is 1. The van der Waals surface area contributed by atoms with Crippen molar-refractivity contribution in [3.63, 3.8) is 0 Å². The Labute approximate surface area is 132 Å². The van der Waals surface area contributed by atoms with Crippen LogP contribution < -0.4 is 5.32 Å². The van der Waals surface area contributed by atoms with Gasteiger partial charge in [-0.3, -0.25) is 0 Å². The van der Waals surface area contributed by atoms with E-state index in [1.165, 1.54) is 18.2 Å². The van der Waals surface area contributed by atoms with Crippen molar-refractivity contribution < 1.29 is 8.78 Å². The lowest BCUT2D eigenvalue weighted by molar-refractivity contribution is 0.571. The molecule has 0 saturated heterocycles. The Bertz CT molecular complexity index is 626. The molecule has 1 atom stereocenters. The van der Waals surface area contributed by atoms with Crippen LogP contribution in [0, 0.1) is 18.6 Å². The van der Waals surface area contributed by atoms with Crippen LogP contribution in [0.1, 0.15) is 36.1 Å². The second kappa shape index (κ2) is 7.14. The molecule has 2 aromatic carbocycles. The third-order valence-electron chi connectivity index (χ3n) is 3.44. The van der Waals surface area contributed by atoms with Crippen molar-refractivity contribution in [2.75, 3.05) is 6.54 Å². The van der Waals surface area contributed by atoms with E-state index in [0.29, 0.717) is 4.47 Å².